The summed E-state index contributed by atoms with van der Waals surface area (Å²) in [7, 11) is 0. The number of hydrogen-bond donors (Lipinski definition) is 2. The largest absolute Gasteiger partial charge is 0.368 e. The number of nitrogens with two attached hydrogens (primary N) is 1. The third-order valence-electron chi connectivity index (χ3n) is 2.45. The zero-order valence-electron chi connectivity index (χ0n) is 10.5. The first-order valence-electron chi connectivity index (χ1n) is 5.56. The molecule has 1 rings (SSSR count). The van der Waals surface area contributed by atoms with Crippen LogP contribution in [0.2, 0.25) is 0 Å². The third kappa shape index (κ3) is 3.63. The molecular weight excluding hydrogens is 228 g/mol. The maximum absolute atomic E-state index is 12.0. The van der Waals surface area contributed by atoms with E-state index in [1.807, 2.05) is 19.9 Å². The monoisotopic (exact) mass is 244 g/mol. The maximum atomic E-state index is 12.0. The quantitative estimate of drug-likeness (QED) is 0.773. The molecule has 0 saturated heterocycles. The normalized spacial score (nSPS) is 11.4. The average molecular weight is 244 g/mol. The van der Waals surface area contributed by atoms with E-state index in [1.165, 1.54) is 0 Å². The van der Waals surface area contributed by atoms with E-state index >= 15 is 0 Å². The molecule has 0 aliphatic heterocycles. The van der Waals surface area contributed by atoms with Crippen molar-refractivity contribution in [2.24, 2.45) is 5.73 Å². The number of amides is 2. The van der Waals surface area contributed by atoms with Gasteiger partial charge in [0.2, 0.25) is 5.91 Å². The van der Waals surface area contributed by atoms with Crippen molar-refractivity contribution in [3.05, 3.63) is 34.9 Å². The van der Waals surface area contributed by atoms with Crippen LogP contribution in [0.5, 0.6) is 0 Å². The molecule has 0 aromatic heterocycles. The summed E-state index contributed by atoms with van der Waals surface area (Å²) >= 11 is 0. The number of rotatable bonds is 4. The highest BCUT2D eigenvalue weighted by Gasteiger charge is 2.17. The number of terminal acetylenes is 1. The molecule has 1 atom stereocenters. The van der Waals surface area contributed by atoms with Crippen LogP contribution < -0.4 is 11.1 Å². The van der Waals surface area contributed by atoms with Gasteiger partial charge in [0, 0.05) is 12.0 Å². The van der Waals surface area contributed by atoms with Gasteiger partial charge in [-0.15, -0.1) is 12.3 Å². The molecule has 0 aliphatic rings. The van der Waals surface area contributed by atoms with Gasteiger partial charge < -0.3 is 11.1 Å². The number of carbonyl (C=O) groups excluding carboxylic acids is 2. The van der Waals surface area contributed by atoms with Crippen LogP contribution in [-0.4, -0.2) is 17.9 Å². The van der Waals surface area contributed by atoms with Crippen LogP contribution in [-0.2, 0) is 4.79 Å². The van der Waals surface area contributed by atoms with Crippen LogP contribution in [0.4, 0.5) is 0 Å². The van der Waals surface area contributed by atoms with Crippen molar-refractivity contribution < 1.29 is 9.59 Å². The van der Waals surface area contributed by atoms with E-state index in [9.17, 15) is 9.59 Å². The lowest BCUT2D eigenvalue weighted by Crippen LogP contribution is -2.44. The van der Waals surface area contributed by atoms with Crippen molar-refractivity contribution in [3.63, 3.8) is 0 Å². The van der Waals surface area contributed by atoms with Crippen LogP contribution in [0, 0.1) is 26.2 Å². The van der Waals surface area contributed by atoms with E-state index in [4.69, 9.17) is 12.2 Å². The second-order valence-corrected chi connectivity index (χ2v) is 4.21. The molecule has 0 aliphatic carbocycles. The second kappa shape index (κ2) is 5.87. The molecule has 1 aromatic carbocycles. The molecule has 0 fully saturated rings. The fourth-order valence-corrected chi connectivity index (χ4v) is 1.69. The van der Waals surface area contributed by atoms with Gasteiger partial charge in [0.05, 0.1) is 0 Å². The van der Waals surface area contributed by atoms with E-state index in [0.29, 0.717) is 5.56 Å². The summed E-state index contributed by atoms with van der Waals surface area (Å²) in [6.07, 6.45) is 5.21. The number of aryl methyl sites for hydroxylation is 2. The van der Waals surface area contributed by atoms with Crippen LogP contribution in [0.3, 0.4) is 0 Å². The molecule has 2 amide bonds. The first kappa shape index (κ1) is 13.8. The molecular formula is C14H16N2O2. The van der Waals surface area contributed by atoms with E-state index in [-0.39, 0.29) is 12.3 Å². The number of carbonyl (C=O) groups is 2. The van der Waals surface area contributed by atoms with E-state index in [1.54, 1.807) is 12.1 Å². The molecule has 3 N–H and O–H groups in total. The lowest BCUT2D eigenvalue weighted by Gasteiger charge is -2.13. The number of nitrogens with one attached hydrogen (secondary N) is 1. The minimum Gasteiger partial charge on any atom is -0.368 e. The van der Waals surface area contributed by atoms with Crippen molar-refractivity contribution >= 4 is 11.8 Å². The second-order valence-electron chi connectivity index (χ2n) is 4.21. The van der Waals surface area contributed by atoms with E-state index in [0.717, 1.165) is 11.1 Å². The summed E-state index contributed by atoms with van der Waals surface area (Å²) in [5, 5.41) is 2.53. The molecule has 1 aromatic rings. The zero-order chi connectivity index (χ0) is 13.7. The molecule has 0 unspecified atom stereocenters. The first-order chi connectivity index (χ1) is 8.43. The molecule has 0 saturated carbocycles. The van der Waals surface area contributed by atoms with Crippen LogP contribution in [0.1, 0.15) is 27.9 Å². The Balaban J connectivity index is 2.87. The molecule has 0 bridgehead atoms. The fraction of sp³-hybridized carbons (Fsp3) is 0.286. The minimum atomic E-state index is -0.830. The van der Waals surface area contributed by atoms with Gasteiger partial charge in [-0.25, -0.2) is 0 Å². The molecule has 0 radical (unpaired) electrons. The summed E-state index contributed by atoms with van der Waals surface area (Å²) in [5.74, 6) is 1.33. The summed E-state index contributed by atoms with van der Waals surface area (Å²) in [6.45, 7) is 3.80. The SMILES string of the molecule is C#CC[C@@H](NC(=O)c1cc(C)cc(C)c1)C(N)=O. The fourth-order valence-electron chi connectivity index (χ4n) is 1.69. The molecule has 0 spiro atoms. The van der Waals surface area contributed by atoms with Gasteiger partial charge in [-0.3, -0.25) is 9.59 Å². The summed E-state index contributed by atoms with van der Waals surface area (Å²) in [4.78, 5) is 23.1. The number of benzene rings is 1. The highest BCUT2D eigenvalue weighted by atomic mass is 16.2. The molecule has 0 heterocycles. The highest BCUT2D eigenvalue weighted by molar-refractivity contribution is 5.97. The number of primary amides is 1. The summed E-state index contributed by atoms with van der Waals surface area (Å²) in [6, 6.07) is 4.62. The summed E-state index contributed by atoms with van der Waals surface area (Å²) < 4.78 is 0. The molecule has 4 nitrogen and oxygen atoms in total. The van der Waals surface area contributed by atoms with Crippen molar-refractivity contribution in [2.75, 3.05) is 0 Å². The van der Waals surface area contributed by atoms with Gasteiger partial charge in [0.1, 0.15) is 6.04 Å². The smallest absolute Gasteiger partial charge is 0.251 e. The van der Waals surface area contributed by atoms with Crippen LogP contribution in [0.25, 0.3) is 0 Å². The Labute approximate surface area is 107 Å². The van der Waals surface area contributed by atoms with Gasteiger partial charge >= 0.3 is 0 Å². The molecule has 94 valence electrons. The summed E-state index contributed by atoms with van der Waals surface area (Å²) in [5.41, 5.74) is 7.61. The van der Waals surface area contributed by atoms with Gasteiger partial charge in [-0.1, -0.05) is 17.2 Å². The van der Waals surface area contributed by atoms with Gasteiger partial charge in [-0.2, -0.15) is 0 Å². The average Bonchev–Trinajstić information content (AvgIpc) is 2.26. The Morgan fingerprint density at radius 1 is 1.33 bits per heavy atom. The standard InChI is InChI=1S/C14H16N2O2/c1-4-5-12(13(15)17)16-14(18)11-7-9(2)6-10(3)8-11/h1,6-8,12H,5H2,2-3H3,(H2,15,17)(H,16,18)/t12-/m1/s1. The predicted octanol–water partition coefficient (Wildman–Crippen LogP) is 0.910. The van der Waals surface area contributed by atoms with E-state index < -0.39 is 11.9 Å². The maximum Gasteiger partial charge on any atom is 0.251 e. The van der Waals surface area contributed by atoms with Crippen molar-refractivity contribution in [1.29, 1.82) is 0 Å². The van der Waals surface area contributed by atoms with E-state index in [2.05, 4.69) is 11.2 Å². The Morgan fingerprint density at radius 3 is 2.33 bits per heavy atom. The Bertz CT molecular complexity index is 495. The van der Waals surface area contributed by atoms with Crippen molar-refractivity contribution in [3.8, 4) is 12.3 Å². The lowest BCUT2D eigenvalue weighted by molar-refractivity contribution is -0.119. The van der Waals surface area contributed by atoms with Gasteiger partial charge in [0.25, 0.3) is 5.91 Å². The molecule has 18 heavy (non-hydrogen) atoms. The van der Waals surface area contributed by atoms with Gasteiger partial charge in [0.15, 0.2) is 0 Å². The minimum absolute atomic E-state index is 0.0892. The topological polar surface area (TPSA) is 72.2 Å². The third-order valence-corrected chi connectivity index (χ3v) is 2.45. The predicted molar refractivity (Wildman–Crippen MR) is 69.8 cm³/mol. The Hall–Kier alpha value is -2.28. The Kier molecular flexibility index (Phi) is 4.50. The van der Waals surface area contributed by atoms with Crippen molar-refractivity contribution in [1.82, 2.24) is 5.32 Å². The zero-order valence-corrected chi connectivity index (χ0v) is 10.5. The molecule has 4 heteroatoms. The number of hydrogen-bond acceptors (Lipinski definition) is 2. The lowest BCUT2D eigenvalue weighted by atomic mass is 10.1. The first-order valence-corrected chi connectivity index (χ1v) is 5.56. The van der Waals surface area contributed by atoms with Crippen LogP contribution >= 0.6 is 0 Å². The Morgan fingerprint density at radius 2 is 1.89 bits per heavy atom. The van der Waals surface area contributed by atoms with Gasteiger partial charge in [-0.05, 0) is 26.0 Å². The van der Waals surface area contributed by atoms with Crippen LogP contribution in [0.15, 0.2) is 18.2 Å². The van der Waals surface area contributed by atoms with Crippen molar-refractivity contribution in [2.45, 2.75) is 26.3 Å². The highest BCUT2D eigenvalue weighted by Crippen LogP contribution is 2.09.